The summed E-state index contributed by atoms with van der Waals surface area (Å²) >= 11 is 4.63. The second kappa shape index (κ2) is 10.0. The molecule has 0 bridgehead atoms. The minimum atomic E-state index is -3.70. The van der Waals surface area contributed by atoms with E-state index in [2.05, 4.69) is 10.3 Å². The number of hydrogen-bond acceptors (Lipinski definition) is 7. The van der Waals surface area contributed by atoms with E-state index in [1.165, 1.54) is 23.9 Å². The molecule has 0 saturated heterocycles. The molecule has 1 aromatic carbocycles. The summed E-state index contributed by atoms with van der Waals surface area (Å²) in [6.45, 7) is 0.452. The first-order valence-corrected chi connectivity index (χ1v) is 13.9. The van der Waals surface area contributed by atoms with Crippen LogP contribution >= 0.6 is 34.4 Å². The van der Waals surface area contributed by atoms with Crippen LogP contribution in [0.1, 0.15) is 5.56 Å². The number of H-pyrrole nitrogens is 1. The third kappa shape index (κ3) is 5.67. The lowest BCUT2D eigenvalue weighted by atomic mass is 10.1. The van der Waals surface area contributed by atoms with Gasteiger partial charge in [0.1, 0.15) is 5.69 Å². The molecule has 32 heavy (non-hydrogen) atoms. The molecule has 0 aliphatic rings. The molecule has 3 aromatic heterocycles. The molecule has 7 nitrogen and oxygen atoms in total. The molecule has 0 saturated carbocycles. The third-order valence-corrected chi connectivity index (χ3v) is 8.10. The number of imidazole rings is 1. The van der Waals surface area contributed by atoms with E-state index in [-0.39, 0.29) is 16.6 Å². The topological polar surface area (TPSA) is 118 Å². The first-order valence-electron chi connectivity index (χ1n) is 9.59. The zero-order valence-electron chi connectivity index (χ0n) is 16.8. The van der Waals surface area contributed by atoms with Crippen LogP contribution in [0.15, 0.2) is 69.3 Å². The Morgan fingerprint density at radius 3 is 2.38 bits per heavy atom. The Bertz CT molecular complexity index is 1230. The fraction of sp³-hybridized carbons (Fsp3) is 0.143. The molecule has 4 aromatic rings. The van der Waals surface area contributed by atoms with Crippen molar-refractivity contribution in [2.75, 3.05) is 12.3 Å². The fourth-order valence-corrected chi connectivity index (χ4v) is 5.65. The van der Waals surface area contributed by atoms with Crippen molar-refractivity contribution in [2.24, 2.45) is 5.14 Å². The maximum atomic E-state index is 12.3. The van der Waals surface area contributed by atoms with E-state index in [4.69, 9.17) is 10.1 Å². The molecule has 0 aliphatic carbocycles. The molecule has 0 radical (unpaired) electrons. The highest BCUT2D eigenvalue weighted by atomic mass is 32.2. The van der Waals surface area contributed by atoms with Crippen molar-refractivity contribution in [1.82, 2.24) is 15.3 Å². The maximum absolute atomic E-state index is 12.3. The van der Waals surface area contributed by atoms with Crippen LogP contribution < -0.4 is 10.5 Å². The number of nitrogens with zero attached hydrogens (tertiary/aromatic N) is 1. The Morgan fingerprint density at radius 1 is 1.06 bits per heavy atom. The Morgan fingerprint density at radius 2 is 1.75 bits per heavy atom. The van der Waals surface area contributed by atoms with E-state index in [1.807, 2.05) is 35.0 Å². The molecule has 0 spiro atoms. The zero-order valence-corrected chi connectivity index (χ0v) is 20.0. The number of rotatable bonds is 9. The largest absolute Gasteiger partial charge is 0.355 e. The van der Waals surface area contributed by atoms with Crippen LogP contribution in [0.4, 0.5) is 0 Å². The van der Waals surface area contributed by atoms with Gasteiger partial charge in [-0.1, -0.05) is 36.0 Å². The number of hydrogen-bond donors (Lipinski definition) is 3. The van der Waals surface area contributed by atoms with Crippen molar-refractivity contribution in [3.8, 4) is 21.1 Å². The van der Waals surface area contributed by atoms with Gasteiger partial charge in [-0.15, -0.1) is 22.7 Å². The minimum Gasteiger partial charge on any atom is -0.355 e. The van der Waals surface area contributed by atoms with Crippen LogP contribution in [0.3, 0.4) is 0 Å². The average molecular weight is 505 g/mol. The van der Waals surface area contributed by atoms with E-state index in [0.717, 1.165) is 26.7 Å². The number of benzene rings is 1. The van der Waals surface area contributed by atoms with Gasteiger partial charge in [-0.2, -0.15) is 0 Å². The highest BCUT2D eigenvalue weighted by Crippen LogP contribution is 2.36. The summed E-state index contributed by atoms with van der Waals surface area (Å²) in [4.78, 5) is 22.6. The van der Waals surface area contributed by atoms with Gasteiger partial charge in [0.2, 0.25) is 15.9 Å². The van der Waals surface area contributed by atoms with Gasteiger partial charge in [0.15, 0.2) is 5.16 Å². The summed E-state index contributed by atoms with van der Waals surface area (Å²) in [6.07, 6.45) is 0.590. The first-order chi connectivity index (χ1) is 15.4. The summed E-state index contributed by atoms with van der Waals surface area (Å²) in [5, 5.41) is 12.7. The maximum Gasteiger partial charge on any atom is 0.238 e. The number of amides is 1. The molecule has 11 heteroatoms. The van der Waals surface area contributed by atoms with Crippen molar-refractivity contribution < 1.29 is 13.2 Å². The SMILES string of the molecule is NS(=O)(=O)c1ccc(CCNC(=O)CSc2nc(-c3cccs3)c(-c3cccs3)[nH]2)cc1. The monoisotopic (exact) mass is 504 g/mol. The highest BCUT2D eigenvalue weighted by Gasteiger charge is 2.16. The molecule has 4 rings (SSSR count). The second-order valence-corrected chi connectivity index (χ2v) is 11.2. The summed E-state index contributed by atoms with van der Waals surface area (Å²) in [7, 11) is -3.70. The standard InChI is InChI=1S/C21H20N4O3S4/c22-32(27,28)15-7-5-14(6-8-15)9-10-23-18(26)13-31-21-24-19(16-3-1-11-29-16)20(25-21)17-4-2-12-30-17/h1-8,11-12H,9-10,13H2,(H,23,26)(H,24,25)(H2,22,27,28). The average Bonchev–Trinajstić information content (AvgIpc) is 3.53. The van der Waals surface area contributed by atoms with Crippen LogP contribution in [-0.4, -0.2) is 36.6 Å². The number of aromatic nitrogens is 2. The lowest BCUT2D eigenvalue weighted by Crippen LogP contribution is -2.27. The van der Waals surface area contributed by atoms with E-state index < -0.39 is 10.0 Å². The number of carbonyl (C=O) groups is 1. The lowest BCUT2D eigenvalue weighted by Gasteiger charge is -2.05. The number of sulfonamides is 1. The van der Waals surface area contributed by atoms with E-state index in [9.17, 15) is 13.2 Å². The molecule has 0 atom stereocenters. The molecule has 0 unspecified atom stereocenters. The molecule has 0 fully saturated rings. The van der Waals surface area contributed by atoms with Gasteiger partial charge in [0.05, 0.1) is 26.1 Å². The van der Waals surface area contributed by atoms with Gasteiger partial charge in [-0.25, -0.2) is 18.5 Å². The van der Waals surface area contributed by atoms with Gasteiger partial charge in [0, 0.05) is 6.54 Å². The van der Waals surface area contributed by atoms with Crippen molar-refractivity contribution in [3.05, 3.63) is 64.9 Å². The Kier molecular flexibility index (Phi) is 7.11. The Hall–Kier alpha value is -2.44. The van der Waals surface area contributed by atoms with Gasteiger partial charge >= 0.3 is 0 Å². The Balaban J connectivity index is 1.32. The van der Waals surface area contributed by atoms with E-state index >= 15 is 0 Å². The van der Waals surface area contributed by atoms with Crippen LogP contribution in [0.5, 0.6) is 0 Å². The molecule has 4 N–H and O–H groups in total. The third-order valence-electron chi connectivity index (χ3n) is 4.53. The van der Waals surface area contributed by atoms with Crippen LogP contribution in [0, 0.1) is 0 Å². The quantitative estimate of drug-likeness (QED) is 0.298. The summed E-state index contributed by atoms with van der Waals surface area (Å²) in [6, 6.07) is 14.4. The molecule has 1 amide bonds. The van der Waals surface area contributed by atoms with Crippen molar-refractivity contribution >= 4 is 50.4 Å². The smallest absolute Gasteiger partial charge is 0.238 e. The molecule has 166 valence electrons. The predicted molar refractivity (Wildman–Crippen MR) is 130 cm³/mol. The van der Waals surface area contributed by atoms with Crippen molar-refractivity contribution in [2.45, 2.75) is 16.5 Å². The normalized spacial score (nSPS) is 11.5. The minimum absolute atomic E-state index is 0.0731. The first kappa shape index (κ1) is 22.7. The van der Waals surface area contributed by atoms with Gasteiger partial charge < -0.3 is 10.3 Å². The zero-order chi connectivity index (χ0) is 22.6. The van der Waals surface area contributed by atoms with Crippen LogP contribution in [0.2, 0.25) is 0 Å². The number of nitrogens with one attached hydrogen (secondary N) is 2. The van der Waals surface area contributed by atoms with Crippen molar-refractivity contribution in [3.63, 3.8) is 0 Å². The molecule has 0 aliphatic heterocycles. The second-order valence-electron chi connectivity index (χ2n) is 6.80. The predicted octanol–water partition coefficient (Wildman–Crippen LogP) is 3.97. The number of thiophene rings is 2. The van der Waals surface area contributed by atoms with E-state index in [1.54, 1.807) is 34.8 Å². The molecule has 3 heterocycles. The van der Waals surface area contributed by atoms with Gasteiger partial charge in [-0.3, -0.25) is 4.79 Å². The number of carbonyl (C=O) groups excluding carboxylic acids is 1. The lowest BCUT2D eigenvalue weighted by molar-refractivity contribution is -0.118. The number of aromatic amines is 1. The molecular weight excluding hydrogens is 485 g/mol. The van der Waals surface area contributed by atoms with Crippen LogP contribution in [-0.2, 0) is 21.2 Å². The van der Waals surface area contributed by atoms with Crippen LogP contribution in [0.25, 0.3) is 21.1 Å². The highest BCUT2D eigenvalue weighted by molar-refractivity contribution is 7.99. The fourth-order valence-electron chi connectivity index (χ4n) is 2.99. The van der Waals surface area contributed by atoms with Gasteiger partial charge in [-0.05, 0) is 47.0 Å². The summed E-state index contributed by atoms with van der Waals surface area (Å²) in [5.41, 5.74) is 2.78. The van der Waals surface area contributed by atoms with E-state index in [0.29, 0.717) is 18.1 Å². The van der Waals surface area contributed by atoms with Gasteiger partial charge in [0.25, 0.3) is 0 Å². The molecular formula is C21H20N4O3S4. The number of thioether (sulfide) groups is 1. The summed E-state index contributed by atoms with van der Waals surface area (Å²) in [5.74, 6) is 0.147. The number of nitrogens with two attached hydrogens (primary N) is 1. The summed E-state index contributed by atoms with van der Waals surface area (Å²) < 4.78 is 22.6. The number of primary sulfonamides is 1. The van der Waals surface area contributed by atoms with Crippen molar-refractivity contribution in [1.29, 1.82) is 0 Å². The Labute approximate surface area is 198 Å².